The highest BCUT2D eigenvalue weighted by atomic mass is 16.3. The molecule has 0 aliphatic carbocycles. The summed E-state index contributed by atoms with van der Waals surface area (Å²) in [7, 11) is 0. The molecular weight excluding hydrogens is 300 g/mol. The number of carbonyl (C=O) groups excluding carboxylic acids is 1. The van der Waals surface area contributed by atoms with Crippen LogP contribution < -0.4 is 4.90 Å². The summed E-state index contributed by atoms with van der Waals surface area (Å²) in [6.07, 6.45) is 0.932. The number of para-hydroxylation sites is 1. The van der Waals surface area contributed by atoms with Crippen molar-refractivity contribution in [1.82, 2.24) is 0 Å². The maximum Gasteiger partial charge on any atom is 0.278 e. The van der Waals surface area contributed by atoms with Crippen LogP contribution in [0.2, 0.25) is 0 Å². The zero-order valence-corrected chi connectivity index (χ0v) is 14.1. The number of hydrogen-bond acceptors (Lipinski definition) is 3. The van der Waals surface area contributed by atoms with E-state index in [0.717, 1.165) is 17.7 Å². The van der Waals surface area contributed by atoms with Gasteiger partial charge in [0.1, 0.15) is 11.5 Å². The highest BCUT2D eigenvalue weighted by Gasteiger charge is 2.47. The van der Waals surface area contributed by atoms with Gasteiger partial charge < -0.3 is 10.0 Å². The van der Waals surface area contributed by atoms with Gasteiger partial charge >= 0.3 is 0 Å². The largest absolute Gasteiger partial charge is 0.508 e. The lowest BCUT2D eigenvalue weighted by molar-refractivity contribution is -0.113. The maximum absolute atomic E-state index is 13.1. The summed E-state index contributed by atoms with van der Waals surface area (Å²) in [5.41, 5.74) is 4.07. The fraction of sp³-hybridized carbons (Fsp3) is 0.300. The molecule has 4 rings (SSSR count). The van der Waals surface area contributed by atoms with Gasteiger partial charge in [0.2, 0.25) is 0 Å². The van der Waals surface area contributed by atoms with Crippen LogP contribution in [-0.2, 0) is 4.79 Å². The van der Waals surface area contributed by atoms with E-state index in [9.17, 15) is 9.90 Å². The molecule has 0 saturated heterocycles. The molecule has 2 aliphatic heterocycles. The molecule has 0 aromatic heterocycles. The standard InChI is InChI=1S/C20H20N2O2/c1-12-11-20(2,3)22-18-15(12)5-4-6-16(18)17(19(22)24)21-13-7-9-14(23)10-8-13/h4-10,12,23H,11H2,1-3H3/t12-/m0/s1. The van der Waals surface area contributed by atoms with Crippen LogP contribution in [0.1, 0.15) is 44.2 Å². The summed E-state index contributed by atoms with van der Waals surface area (Å²) in [4.78, 5) is 19.6. The van der Waals surface area contributed by atoms with Gasteiger partial charge in [0, 0.05) is 11.1 Å². The molecule has 0 bridgehead atoms. The maximum atomic E-state index is 13.1. The number of aliphatic imine (C=N–C) groups is 1. The van der Waals surface area contributed by atoms with Crippen molar-refractivity contribution >= 4 is 23.0 Å². The van der Waals surface area contributed by atoms with Gasteiger partial charge in [-0.3, -0.25) is 4.79 Å². The number of nitrogens with zero attached hydrogens (tertiary/aromatic N) is 2. The molecule has 4 heteroatoms. The highest BCUT2D eigenvalue weighted by molar-refractivity contribution is 6.55. The average molecular weight is 320 g/mol. The quantitative estimate of drug-likeness (QED) is 0.858. The Morgan fingerprint density at radius 2 is 1.88 bits per heavy atom. The Morgan fingerprint density at radius 1 is 1.17 bits per heavy atom. The van der Waals surface area contributed by atoms with E-state index in [4.69, 9.17) is 0 Å². The Balaban J connectivity index is 1.92. The van der Waals surface area contributed by atoms with Gasteiger partial charge in [-0.05, 0) is 56.0 Å². The smallest absolute Gasteiger partial charge is 0.278 e. The van der Waals surface area contributed by atoms with E-state index in [2.05, 4.69) is 31.8 Å². The molecule has 0 saturated carbocycles. The summed E-state index contributed by atoms with van der Waals surface area (Å²) < 4.78 is 0. The molecule has 122 valence electrons. The highest BCUT2D eigenvalue weighted by Crippen LogP contribution is 2.48. The van der Waals surface area contributed by atoms with Gasteiger partial charge in [0.05, 0.1) is 11.4 Å². The predicted molar refractivity (Wildman–Crippen MR) is 95.3 cm³/mol. The van der Waals surface area contributed by atoms with E-state index in [1.54, 1.807) is 24.3 Å². The number of phenolic OH excluding ortho intramolecular Hbond substituents is 1. The molecule has 2 aliphatic rings. The van der Waals surface area contributed by atoms with E-state index in [1.165, 1.54) is 5.56 Å². The van der Waals surface area contributed by atoms with Crippen molar-refractivity contribution < 1.29 is 9.90 Å². The average Bonchev–Trinajstić information content (AvgIpc) is 2.81. The first-order valence-electron chi connectivity index (χ1n) is 8.24. The molecule has 1 N–H and O–H groups in total. The summed E-state index contributed by atoms with van der Waals surface area (Å²) in [5, 5.41) is 9.43. The van der Waals surface area contributed by atoms with Gasteiger partial charge in [-0.25, -0.2) is 4.99 Å². The number of benzene rings is 2. The zero-order valence-electron chi connectivity index (χ0n) is 14.1. The lowest BCUT2D eigenvalue weighted by atomic mass is 9.80. The number of amides is 1. The van der Waals surface area contributed by atoms with Crippen LogP contribution in [0.5, 0.6) is 5.75 Å². The van der Waals surface area contributed by atoms with Crippen LogP contribution >= 0.6 is 0 Å². The Kier molecular flexibility index (Phi) is 3.07. The van der Waals surface area contributed by atoms with Crippen molar-refractivity contribution in [3.63, 3.8) is 0 Å². The third kappa shape index (κ3) is 2.06. The third-order valence-electron chi connectivity index (χ3n) is 4.98. The fourth-order valence-corrected chi connectivity index (χ4v) is 4.01. The lowest BCUT2D eigenvalue weighted by Gasteiger charge is -2.43. The Hall–Kier alpha value is -2.62. The van der Waals surface area contributed by atoms with Crippen molar-refractivity contribution in [1.29, 1.82) is 0 Å². The number of phenols is 1. The molecule has 0 radical (unpaired) electrons. The first-order valence-corrected chi connectivity index (χ1v) is 8.24. The van der Waals surface area contributed by atoms with E-state index in [1.807, 2.05) is 17.0 Å². The predicted octanol–water partition coefficient (Wildman–Crippen LogP) is 4.15. The zero-order chi connectivity index (χ0) is 17.1. The molecule has 2 aromatic carbocycles. The molecule has 0 fully saturated rings. The molecular formula is C20H20N2O2. The van der Waals surface area contributed by atoms with Crippen LogP contribution in [-0.4, -0.2) is 22.3 Å². The fourth-order valence-electron chi connectivity index (χ4n) is 4.01. The number of carbonyl (C=O) groups is 1. The number of anilines is 1. The van der Waals surface area contributed by atoms with Gasteiger partial charge in [-0.15, -0.1) is 0 Å². The van der Waals surface area contributed by atoms with Crippen molar-refractivity contribution in [2.75, 3.05) is 4.90 Å². The van der Waals surface area contributed by atoms with Crippen molar-refractivity contribution in [3.05, 3.63) is 53.6 Å². The second-order valence-electron chi connectivity index (χ2n) is 7.28. The van der Waals surface area contributed by atoms with Crippen molar-refractivity contribution in [2.24, 2.45) is 4.99 Å². The molecule has 1 atom stereocenters. The molecule has 0 unspecified atom stereocenters. The minimum atomic E-state index is -0.230. The summed E-state index contributed by atoms with van der Waals surface area (Å²) >= 11 is 0. The first kappa shape index (κ1) is 14.9. The SMILES string of the molecule is C[C@H]1CC(C)(C)N2C(=O)C(=Nc3ccc(O)cc3)c3cccc1c32. The van der Waals surface area contributed by atoms with E-state index >= 15 is 0 Å². The van der Waals surface area contributed by atoms with E-state index < -0.39 is 0 Å². The Morgan fingerprint density at radius 3 is 2.58 bits per heavy atom. The summed E-state index contributed by atoms with van der Waals surface area (Å²) in [6, 6.07) is 12.7. The number of hydrogen-bond donors (Lipinski definition) is 1. The topological polar surface area (TPSA) is 52.9 Å². The van der Waals surface area contributed by atoms with Gasteiger partial charge in [0.15, 0.2) is 0 Å². The van der Waals surface area contributed by atoms with Crippen molar-refractivity contribution in [3.8, 4) is 5.75 Å². The number of rotatable bonds is 1. The molecule has 0 spiro atoms. The molecule has 24 heavy (non-hydrogen) atoms. The van der Waals surface area contributed by atoms with E-state index in [-0.39, 0.29) is 17.2 Å². The minimum absolute atomic E-state index is 0.0394. The second kappa shape index (κ2) is 4.94. The second-order valence-corrected chi connectivity index (χ2v) is 7.28. The molecule has 4 nitrogen and oxygen atoms in total. The molecule has 2 aromatic rings. The Labute approximate surface area is 141 Å². The van der Waals surface area contributed by atoms with Crippen molar-refractivity contribution in [2.45, 2.75) is 38.6 Å². The van der Waals surface area contributed by atoms with Crippen LogP contribution in [0.25, 0.3) is 0 Å². The van der Waals surface area contributed by atoms with Crippen LogP contribution in [0, 0.1) is 0 Å². The normalized spacial score (nSPS) is 22.8. The van der Waals surface area contributed by atoms with Crippen LogP contribution in [0.3, 0.4) is 0 Å². The van der Waals surface area contributed by atoms with Crippen LogP contribution in [0.4, 0.5) is 11.4 Å². The monoisotopic (exact) mass is 320 g/mol. The van der Waals surface area contributed by atoms with Gasteiger partial charge in [-0.1, -0.05) is 25.1 Å². The number of aromatic hydroxyl groups is 1. The third-order valence-corrected chi connectivity index (χ3v) is 4.98. The van der Waals surface area contributed by atoms with E-state index in [0.29, 0.717) is 17.3 Å². The summed E-state index contributed by atoms with van der Waals surface area (Å²) in [5.74, 6) is 0.559. The van der Waals surface area contributed by atoms with Gasteiger partial charge in [-0.2, -0.15) is 0 Å². The Bertz CT molecular complexity index is 866. The lowest BCUT2D eigenvalue weighted by Crippen LogP contribution is -2.50. The van der Waals surface area contributed by atoms with Crippen LogP contribution in [0.15, 0.2) is 47.5 Å². The molecule has 1 amide bonds. The minimum Gasteiger partial charge on any atom is -0.508 e. The van der Waals surface area contributed by atoms with Gasteiger partial charge in [0.25, 0.3) is 5.91 Å². The first-order chi connectivity index (χ1) is 11.4. The molecule has 2 heterocycles. The summed E-state index contributed by atoms with van der Waals surface area (Å²) in [6.45, 7) is 6.45.